The minimum Gasteiger partial charge on any atom is -0.388 e. The van der Waals surface area contributed by atoms with Crippen LogP contribution in [0.15, 0.2) is 58.1 Å². The molecule has 0 spiro atoms. The molecule has 0 fully saturated rings. The molecule has 14 heteroatoms. The van der Waals surface area contributed by atoms with Crippen molar-refractivity contribution in [1.82, 2.24) is 24.2 Å². The van der Waals surface area contributed by atoms with E-state index in [4.69, 9.17) is 11.6 Å². The van der Waals surface area contributed by atoms with Crippen molar-refractivity contribution in [3.63, 3.8) is 0 Å². The Morgan fingerprint density at radius 2 is 1.94 bits per heavy atom. The first-order chi connectivity index (χ1) is 15.3. The fraction of sp³-hybridized carbons (Fsp3) is 0.0556. The fourth-order valence-corrected chi connectivity index (χ4v) is 5.10. The highest BCUT2D eigenvalue weighted by molar-refractivity contribution is 7.92. The maximum atomic E-state index is 12.8. The Morgan fingerprint density at radius 1 is 1.12 bits per heavy atom. The summed E-state index contributed by atoms with van der Waals surface area (Å²) in [6.07, 6.45) is 3.76. The highest BCUT2D eigenvalue weighted by Gasteiger charge is 2.20. The van der Waals surface area contributed by atoms with Gasteiger partial charge < -0.3 is 5.32 Å². The highest BCUT2D eigenvalue weighted by atomic mass is 35.5. The summed E-state index contributed by atoms with van der Waals surface area (Å²) in [7, 11) is -2.31. The van der Waals surface area contributed by atoms with E-state index in [-0.39, 0.29) is 25.7 Å². The van der Waals surface area contributed by atoms with E-state index in [1.807, 2.05) is 4.72 Å². The number of carbonyl (C=O) groups excluding carboxylic acids is 1. The minimum atomic E-state index is -4.08. The molecule has 0 radical (unpaired) electrons. The van der Waals surface area contributed by atoms with Gasteiger partial charge in [0.2, 0.25) is 0 Å². The summed E-state index contributed by atoms with van der Waals surface area (Å²) < 4.78 is 27.6. The first kappa shape index (κ1) is 21.7. The van der Waals surface area contributed by atoms with Crippen LogP contribution in [0.3, 0.4) is 0 Å². The molecule has 4 aromatic rings. The third-order valence-corrected chi connectivity index (χ3v) is 7.27. The summed E-state index contributed by atoms with van der Waals surface area (Å²) >= 11 is 6.54. The first-order valence-corrected chi connectivity index (χ1v) is 11.6. The molecule has 0 saturated heterocycles. The van der Waals surface area contributed by atoms with Gasteiger partial charge in [0.1, 0.15) is 10.5 Å². The smallest absolute Gasteiger partial charge is 0.334 e. The van der Waals surface area contributed by atoms with Crippen LogP contribution >= 0.6 is 22.9 Å². The second kappa shape index (κ2) is 8.53. The molecule has 3 N–H and O–H groups in total. The van der Waals surface area contributed by atoms with Crippen LogP contribution in [0.2, 0.25) is 4.34 Å². The lowest BCUT2D eigenvalue weighted by molar-refractivity contribution is 0.256. The molecule has 0 aliphatic heterocycles. The van der Waals surface area contributed by atoms with Crippen molar-refractivity contribution in [3.05, 3.63) is 63.7 Å². The Hall–Kier alpha value is -3.55. The number of benzene rings is 1. The van der Waals surface area contributed by atoms with Crippen molar-refractivity contribution >= 4 is 61.4 Å². The van der Waals surface area contributed by atoms with E-state index in [0.717, 1.165) is 17.0 Å². The number of thiophene rings is 1. The Bertz CT molecular complexity index is 1480. The van der Waals surface area contributed by atoms with E-state index in [2.05, 4.69) is 25.6 Å². The molecule has 0 atom stereocenters. The minimum absolute atomic E-state index is 0.0221. The number of nitrogens with one attached hydrogen (secondary N) is 3. The molecule has 2 amide bonds. The normalized spacial score (nSPS) is 11.3. The fourth-order valence-electron chi connectivity index (χ4n) is 2.71. The lowest BCUT2D eigenvalue weighted by Gasteiger charge is -2.09. The lowest BCUT2D eigenvalue weighted by atomic mass is 10.2. The van der Waals surface area contributed by atoms with Gasteiger partial charge in [-0.2, -0.15) is 0 Å². The number of hydrogen-bond acceptors (Lipinski definition) is 9. The average molecular weight is 492 g/mol. The van der Waals surface area contributed by atoms with Crippen molar-refractivity contribution in [1.29, 1.82) is 0 Å². The van der Waals surface area contributed by atoms with Gasteiger partial charge in [-0.15, -0.1) is 11.3 Å². The van der Waals surface area contributed by atoms with Crippen LogP contribution in [-0.4, -0.2) is 41.0 Å². The van der Waals surface area contributed by atoms with Crippen LogP contribution in [0.25, 0.3) is 16.7 Å². The number of rotatable bonds is 5. The number of anilines is 2. The van der Waals surface area contributed by atoms with Crippen molar-refractivity contribution in [3.8, 4) is 5.82 Å². The highest BCUT2D eigenvalue weighted by Crippen LogP contribution is 2.25. The quantitative estimate of drug-likeness (QED) is 0.385. The number of sulfonamides is 1. The summed E-state index contributed by atoms with van der Waals surface area (Å²) in [6.45, 7) is 0. The zero-order valence-corrected chi connectivity index (χ0v) is 18.6. The van der Waals surface area contributed by atoms with Crippen molar-refractivity contribution < 1.29 is 13.2 Å². The summed E-state index contributed by atoms with van der Waals surface area (Å²) in [4.78, 5) is 37.2. The molecule has 3 heterocycles. The number of amides is 2. The van der Waals surface area contributed by atoms with E-state index in [1.165, 1.54) is 35.4 Å². The van der Waals surface area contributed by atoms with E-state index >= 15 is 0 Å². The third-order valence-electron chi connectivity index (χ3n) is 4.22. The van der Waals surface area contributed by atoms with Crippen LogP contribution < -0.4 is 20.9 Å². The van der Waals surface area contributed by atoms with Crippen LogP contribution in [0.1, 0.15) is 0 Å². The molecule has 0 saturated carbocycles. The second-order valence-corrected chi connectivity index (χ2v) is 9.90. The van der Waals surface area contributed by atoms with Gasteiger partial charge in [-0.3, -0.25) is 10.1 Å². The van der Waals surface area contributed by atoms with E-state index in [0.29, 0.717) is 10.9 Å². The van der Waals surface area contributed by atoms with Crippen LogP contribution in [0.4, 0.5) is 16.3 Å². The maximum absolute atomic E-state index is 12.8. The number of aromatic nitrogens is 4. The standard InChI is InChI=1S/C18H14ClN7O4S2/c1-20-10-2-3-11-12(6-10)23-9-26(17(11)27)15-8-21-14(7-22-15)24-18(28)25-32(29,30)16-5-4-13(19)31-16/h2-9,20H,1H3,(H2,21,24,25,28). The predicted molar refractivity (Wildman–Crippen MR) is 121 cm³/mol. The molecule has 3 aromatic heterocycles. The number of urea groups is 1. The molecule has 32 heavy (non-hydrogen) atoms. The lowest BCUT2D eigenvalue weighted by Crippen LogP contribution is -2.34. The van der Waals surface area contributed by atoms with Gasteiger partial charge in [0, 0.05) is 12.7 Å². The Morgan fingerprint density at radius 3 is 2.59 bits per heavy atom. The number of carbonyl (C=O) groups is 1. The zero-order chi connectivity index (χ0) is 22.9. The zero-order valence-electron chi connectivity index (χ0n) is 16.2. The largest absolute Gasteiger partial charge is 0.388 e. The van der Waals surface area contributed by atoms with E-state index < -0.39 is 16.1 Å². The number of halogens is 1. The Labute approximate surface area is 190 Å². The van der Waals surface area contributed by atoms with Crippen molar-refractivity contribution in [2.45, 2.75) is 4.21 Å². The van der Waals surface area contributed by atoms with Crippen molar-refractivity contribution in [2.24, 2.45) is 0 Å². The molecule has 11 nitrogen and oxygen atoms in total. The molecular formula is C18H14ClN7O4S2. The SMILES string of the molecule is CNc1ccc2c(=O)n(-c3cnc(NC(=O)NS(=O)(=O)c4ccc(Cl)s4)cn3)cnc2c1. The number of hydrogen-bond donors (Lipinski definition) is 3. The maximum Gasteiger partial charge on any atom is 0.334 e. The molecule has 0 aliphatic rings. The number of fused-ring (bicyclic) bond motifs is 1. The van der Waals surface area contributed by atoms with Crippen LogP contribution in [0, 0.1) is 0 Å². The summed E-state index contributed by atoms with van der Waals surface area (Å²) in [5.74, 6) is 0.153. The Balaban J connectivity index is 1.51. The van der Waals surface area contributed by atoms with Gasteiger partial charge >= 0.3 is 6.03 Å². The summed E-state index contributed by atoms with van der Waals surface area (Å²) in [5, 5.41) is 5.64. The molecule has 4 rings (SSSR count). The Kier molecular flexibility index (Phi) is 5.78. The summed E-state index contributed by atoms with van der Waals surface area (Å²) in [5.41, 5.74) is 1.00. The number of nitrogens with zero attached hydrogens (tertiary/aromatic N) is 4. The van der Waals surface area contributed by atoms with Crippen LogP contribution in [0.5, 0.6) is 0 Å². The first-order valence-electron chi connectivity index (χ1n) is 8.87. The van der Waals surface area contributed by atoms with Gasteiger partial charge in [-0.05, 0) is 30.3 Å². The van der Waals surface area contributed by atoms with Crippen LogP contribution in [-0.2, 0) is 10.0 Å². The molecular weight excluding hydrogens is 478 g/mol. The molecule has 0 bridgehead atoms. The van der Waals surface area contributed by atoms with Gasteiger partial charge in [-0.1, -0.05) is 11.6 Å². The molecule has 0 aliphatic carbocycles. The van der Waals surface area contributed by atoms with E-state index in [1.54, 1.807) is 25.2 Å². The monoisotopic (exact) mass is 491 g/mol. The van der Waals surface area contributed by atoms with Gasteiger partial charge in [-0.25, -0.2) is 37.5 Å². The topological polar surface area (TPSA) is 148 Å². The van der Waals surface area contributed by atoms with Gasteiger partial charge in [0.25, 0.3) is 15.6 Å². The summed E-state index contributed by atoms with van der Waals surface area (Å²) in [6, 6.07) is 6.82. The van der Waals surface area contributed by atoms with Crippen molar-refractivity contribution in [2.75, 3.05) is 17.7 Å². The molecule has 0 unspecified atom stereocenters. The van der Waals surface area contributed by atoms with Gasteiger partial charge in [0.15, 0.2) is 11.6 Å². The average Bonchev–Trinajstić information content (AvgIpc) is 3.21. The molecule has 1 aromatic carbocycles. The van der Waals surface area contributed by atoms with Gasteiger partial charge in [0.05, 0.1) is 27.6 Å². The van der Waals surface area contributed by atoms with E-state index in [9.17, 15) is 18.0 Å². The molecule has 164 valence electrons. The second-order valence-electron chi connectivity index (χ2n) is 6.28. The predicted octanol–water partition coefficient (Wildman–Crippen LogP) is 2.44. The third kappa shape index (κ3) is 4.39.